The standard InChI is InChI=1S/C19H19N3OS/c1-23-16-5-2-4-14(10-16)12-22-8-7-15-11-20-19(21-17(15)13-22)18-6-3-9-24-18/h2-6,9-11H,7-8,12-13H2,1H3. The minimum Gasteiger partial charge on any atom is -0.497 e. The number of hydrogen-bond donors (Lipinski definition) is 0. The molecule has 4 nitrogen and oxygen atoms in total. The average Bonchev–Trinajstić information content (AvgIpc) is 3.16. The number of rotatable bonds is 4. The van der Waals surface area contributed by atoms with E-state index in [9.17, 15) is 0 Å². The molecule has 1 aliphatic rings. The predicted octanol–water partition coefficient (Wildman–Crippen LogP) is 3.77. The van der Waals surface area contributed by atoms with Gasteiger partial charge in [-0.05, 0) is 41.1 Å². The summed E-state index contributed by atoms with van der Waals surface area (Å²) in [6.45, 7) is 2.81. The summed E-state index contributed by atoms with van der Waals surface area (Å²) in [5, 5.41) is 2.06. The summed E-state index contributed by atoms with van der Waals surface area (Å²) in [5.41, 5.74) is 3.70. The van der Waals surface area contributed by atoms with Crippen LogP contribution in [0.15, 0.2) is 48.0 Å². The van der Waals surface area contributed by atoms with Gasteiger partial charge in [-0.2, -0.15) is 0 Å². The van der Waals surface area contributed by atoms with Crippen LogP contribution in [0.2, 0.25) is 0 Å². The Balaban J connectivity index is 1.53. The number of benzene rings is 1. The van der Waals surface area contributed by atoms with Gasteiger partial charge in [0.25, 0.3) is 0 Å². The lowest BCUT2D eigenvalue weighted by atomic mass is 10.1. The number of aromatic nitrogens is 2. The summed E-state index contributed by atoms with van der Waals surface area (Å²) in [5.74, 6) is 1.75. The van der Waals surface area contributed by atoms with E-state index in [1.807, 2.05) is 24.4 Å². The van der Waals surface area contributed by atoms with Gasteiger partial charge >= 0.3 is 0 Å². The lowest BCUT2D eigenvalue weighted by Crippen LogP contribution is -2.31. The zero-order chi connectivity index (χ0) is 16.4. The van der Waals surface area contributed by atoms with E-state index in [2.05, 4.69) is 33.5 Å². The summed E-state index contributed by atoms with van der Waals surface area (Å²) in [4.78, 5) is 12.9. The molecule has 0 amide bonds. The zero-order valence-electron chi connectivity index (χ0n) is 13.6. The zero-order valence-corrected chi connectivity index (χ0v) is 14.4. The van der Waals surface area contributed by atoms with Crippen molar-refractivity contribution in [3.8, 4) is 16.5 Å². The highest BCUT2D eigenvalue weighted by molar-refractivity contribution is 7.13. The van der Waals surface area contributed by atoms with Gasteiger partial charge in [-0.15, -0.1) is 11.3 Å². The van der Waals surface area contributed by atoms with Crippen LogP contribution < -0.4 is 4.74 Å². The molecular formula is C19H19N3OS. The minimum atomic E-state index is 0.840. The fraction of sp³-hybridized carbons (Fsp3) is 0.263. The second-order valence-corrected chi connectivity index (χ2v) is 6.90. The third kappa shape index (κ3) is 3.18. The minimum absolute atomic E-state index is 0.840. The quantitative estimate of drug-likeness (QED) is 0.726. The van der Waals surface area contributed by atoms with E-state index in [1.54, 1.807) is 18.4 Å². The van der Waals surface area contributed by atoms with Crippen molar-refractivity contribution in [3.05, 3.63) is 64.8 Å². The van der Waals surface area contributed by atoms with Crippen LogP contribution in [0, 0.1) is 0 Å². The summed E-state index contributed by atoms with van der Waals surface area (Å²) in [7, 11) is 1.71. The molecule has 0 unspecified atom stereocenters. The summed E-state index contributed by atoms with van der Waals surface area (Å²) >= 11 is 1.68. The molecule has 0 bridgehead atoms. The van der Waals surface area contributed by atoms with E-state index in [0.717, 1.165) is 48.2 Å². The van der Waals surface area contributed by atoms with Crippen LogP contribution in [0.25, 0.3) is 10.7 Å². The SMILES string of the molecule is COc1cccc(CN2CCc3cnc(-c4cccs4)nc3C2)c1. The summed E-state index contributed by atoms with van der Waals surface area (Å²) in [6, 6.07) is 12.4. The van der Waals surface area contributed by atoms with Crippen LogP contribution >= 0.6 is 11.3 Å². The lowest BCUT2D eigenvalue weighted by molar-refractivity contribution is 0.241. The number of thiophene rings is 1. The second-order valence-electron chi connectivity index (χ2n) is 5.96. The number of ether oxygens (including phenoxy) is 1. The molecule has 0 radical (unpaired) electrons. The van der Waals surface area contributed by atoms with Gasteiger partial charge in [-0.25, -0.2) is 9.97 Å². The van der Waals surface area contributed by atoms with Crippen LogP contribution in [0.5, 0.6) is 5.75 Å². The summed E-state index contributed by atoms with van der Waals surface area (Å²) in [6.07, 6.45) is 3.00. The molecular weight excluding hydrogens is 318 g/mol. The Bertz CT molecular complexity index is 832. The molecule has 0 fully saturated rings. The fourth-order valence-corrected chi connectivity index (χ4v) is 3.71. The molecule has 4 rings (SSSR count). The average molecular weight is 337 g/mol. The van der Waals surface area contributed by atoms with Crippen LogP contribution in [0.4, 0.5) is 0 Å². The second kappa shape index (κ2) is 6.71. The van der Waals surface area contributed by atoms with E-state index < -0.39 is 0 Å². The fourth-order valence-electron chi connectivity index (χ4n) is 3.05. The Morgan fingerprint density at radius 3 is 3.04 bits per heavy atom. The molecule has 0 saturated carbocycles. The van der Waals surface area contributed by atoms with Gasteiger partial charge < -0.3 is 4.74 Å². The Hall–Kier alpha value is -2.24. The molecule has 122 valence electrons. The van der Waals surface area contributed by atoms with Crippen molar-refractivity contribution in [2.24, 2.45) is 0 Å². The van der Waals surface area contributed by atoms with Crippen molar-refractivity contribution >= 4 is 11.3 Å². The molecule has 1 aliphatic heterocycles. The molecule has 0 saturated heterocycles. The van der Waals surface area contributed by atoms with Crippen LogP contribution in [-0.4, -0.2) is 28.5 Å². The molecule has 24 heavy (non-hydrogen) atoms. The van der Waals surface area contributed by atoms with Gasteiger partial charge in [-0.3, -0.25) is 4.90 Å². The van der Waals surface area contributed by atoms with Crippen molar-refractivity contribution in [3.63, 3.8) is 0 Å². The first-order chi connectivity index (χ1) is 11.8. The topological polar surface area (TPSA) is 38.2 Å². The largest absolute Gasteiger partial charge is 0.497 e. The Morgan fingerprint density at radius 1 is 1.25 bits per heavy atom. The van der Waals surface area contributed by atoms with Crippen LogP contribution in [0.3, 0.4) is 0 Å². The maximum Gasteiger partial charge on any atom is 0.169 e. The molecule has 3 heterocycles. The Labute approximate surface area is 145 Å². The lowest BCUT2D eigenvalue weighted by Gasteiger charge is -2.28. The Morgan fingerprint density at radius 2 is 2.21 bits per heavy atom. The molecule has 0 atom stereocenters. The van der Waals surface area contributed by atoms with Gasteiger partial charge in [-0.1, -0.05) is 18.2 Å². The van der Waals surface area contributed by atoms with Gasteiger partial charge in [0.05, 0.1) is 17.7 Å². The van der Waals surface area contributed by atoms with Gasteiger partial charge in [0.1, 0.15) is 5.75 Å². The molecule has 3 aromatic rings. The number of hydrogen-bond acceptors (Lipinski definition) is 5. The maximum atomic E-state index is 5.32. The molecule has 0 spiro atoms. The Kier molecular flexibility index (Phi) is 4.28. The normalized spacial score (nSPS) is 14.4. The van der Waals surface area contributed by atoms with Crippen molar-refractivity contribution in [1.29, 1.82) is 0 Å². The van der Waals surface area contributed by atoms with Crippen molar-refractivity contribution in [2.75, 3.05) is 13.7 Å². The maximum absolute atomic E-state index is 5.32. The summed E-state index contributed by atoms with van der Waals surface area (Å²) < 4.78 is 5.32. The highest BCUT2D eigenvalue weighted by atomic mass is 32.1. The number of fused-ring (bicyclic) bond motifs is 1. The van der Waals surface area contributed by atoms with E-state index in [1.165, 1.54) is 11.1 Å². The van der Waals surface area contributed by atoms with Crippen molar-refractivity contribution in [1.82, 2.24) is 14.9 Å². The number of nitrogens with zero attached hydrogens (tertiary/aromatic N) is 3. The smallest absolute Gasteiger partial charge is 0.169 e. The highest BCUT2D eigenvalue weighted by Gasteiger charge is 2.19. The first-order valence-corrected chi connectivity index (χ1v) is 8.94. The first-order valence-electron chi connectivity index (χ1n) is 8.06. The molecule has 0 N–H and O–H groups in total. The molecule has 2 aromatic heterocycles. The van der Waals surface area contributed by atoms with E-state index in [0.29, 0.717) is 0 Å². The van der Waals surface area contributed by atoms with Gasteiger partial charge in [0.2, 0.25) is 0 Å². The van der Waals surface area contributed by atoms with E-state index >= 15 is 0 Å². The molecule has 5 heteroatoms. The van der Waals surface area contributed by atoms with Gasteiger partial charge in [0.15, 0.2) is 5.82 Å². The monoisotopic (exact) mass is 337 g/mol. The molecule has 1 aromatic carbocycles. The third-order valence-corrected chi connectivity index (χ3v) is 5.17. The highest BCUT2D eigenvalue weighted by Crippen LogP contribution is 2.25. The van der Waals surface area contributed by atoms with E-state index in [-0.39, 0.29) is 0 Å². The molecule has 0 aliphatic carbocycles. The van der Waals surface area contributed by atoms with E-state index in [4.69, 9.17) is 9.72 Å². The van der Waals surface area contributed by atoms with Crippen molar-refractivity contribution in [2.45, 2.75) is 19.5 Å². The van der Waals surface area contributed by atoms with Crippen molar-refractivity contribution < 1.29 is 4.74 Å². The van der Waals surface area contributed by atoms with Crippen LogP contribution in [0.1, 0.15) is 16.8 Å². The van der Waals surface area contributed by atoms with Gasteiger partial charge in [0, 0.05) is 25.8 Å². The first kappa shape index (κ1) is 15.3. The van der Waals surface area contributed by atoms with Crippen LogP contribution in [-0.2, 0) is 19.5 Å². The predicted molar refractivity (Wildman–Crippen MR) is 96.2 cm³/mol. The third-order valence-electron chi connectivity index (χ3n) is 4.31. The number of methoxy groups -OCH3 is 1.